The molecule has 0 bridgehead atoms. The minimum atomic E-state index is -0.220. The van der Waals surface area contributed by atoms with E-state index in [1.54, 1.807) is 7.11 Å². The quantitative estimate of drug-likeness (QED) is 0.879. The number of benzene rings is 2. The topological polar surface area (TPSA) is 64.7 Å². The van der Waals surface area contributed by atoms with Gasteiger partial charge in [0.2, 0.25) is 0 Å². The van der Waals surface area contributed by atoms with Gasteiger partial charge in [0, 0.05) is 11.6 Å². The normalized spacial score (nSPS) is 12.0. The monoisotopic (exact) mass is 273 g/mol. The highest BCUT2D eigenvalue weighted by Gasteiger charge is 2.15. The average molecular weight is 273 g/mol. The fourth-order valence-electron chi connectivity index (χ4n) is 2.09. The van der Waals surface area contributed by atoms with Gasteiger partial charge in [-0.05, 0) is 25.1 Å². The third-order valence-electron chi connectivity index (χ3n) is 3.06. The van der Waals surface area contributed by atoms with Crippen LogP contribution >= 0.6 is 0 Å². The Kier molecular flexibility index (Phi) is 4.61. The van der Waals surface area contributed by atoms with Crippen LogP contribution in [0.2, 0.25) is 0 Å². The zero-order chi connectivity index (χ0) is 14.5. The highest BCUT2D eigenvalue weighted by atomic mass is 16.5. The predicted octanol–water partition coefficient (Wildman–Crippen LogP) is 3.00. The molecule has 0 aromatic heterocycles. The summed E-state index contributed by atoms with van der Waals surface area (Å²) in [7, 11) is 1.60. The Morgan fingerprint density at radius 1 is 1.05 bits per heavy atom. The molecule has 0 spiro atoms. The van der Waals surface area contributed by atoms with Crippen LogP contribution in [0.25, 0.3) is 0 Å². The lowest BCUT2D eigenvalue weighted by molar-refractivity contribution is 0.276. The Labute approximate surface area is 118 Å². The molecule has 0 radical (unpaired) electrons. The van der Waals surface area contributed by atoms with Crippen molar-refractivity contribution in [3.63, 3.8) is 0 Å². The van der Waals surface area contributed by atoms with E-state index >= 15 is 0 Å². The SMILES string of the molecule is COc1cccc(Oc2ccccc2CO)c1C(C)N. The molecule has 4 nitrogen and oxygen atoms in total. The highest BCUT2D eigenvalue weighted by molar-refractivity contribution is 5.49. The lowest BCUT2D eigenvalue weighted by Crippen LogP contribution is -2.09. The first-order chi connectivity index (χ1) is 9.67. The van der Waals surface area contributed by atoms with Gasteiger partial charge in [-0.3, -0.25) is 0 Å². The van der Waals surface area contributed by atoms with Gasteiger partial charge in [0.05, 0.1) is 19.3 Å². The third-order valence-corrected chi connectivity index (χ3v) is 3.06. The van der Waals surface area contributed by atoms with Gasteiger partial charge in [-0.15, -0.1) is 0 Å². The lowest BCUT2D eigenvalue weighted by atomic mass is 10.1. The summed E-state index contributed by atoms with van der Waals surface area (Å²) in [6.45, 7) is 1.80. The molecule has 0 aliphatic heterocycles. The molecular weight excluding hydrogens is 254 g/mol. The van der Waals surface area contributed by atoms with Gasteiger partial charge in [0.25, 0.3) is 0 Å². The van der Waals surface area contributed by atoms with Crippen molar-refractivity contribution in [1.82, 2.24) is 0 Å². The summed E-state index contributed by atoms with van der Waals surface area (Å²) in [6.07, 6.45) is 0. The predicted molar refractivity (Wildman–Crippen MR) is 78.0 cm³/mol. The highest BCUT2D eigenvalue weighted by Crippen LogP contribution is 2.36. The number of hydrogen-bond donors (Lipinski definition) is 2. The third kappa shape index (κ3) is 2.92. The van der Waals surface area contributed by atoms with E-state index < -0.39 is 0 Å². The van der Waals surface area contributed by atoms with Crippen molar-refractivity contribution in [3.05, 3.63) is 53.6 Å². The summed E-state index contributed by atoms with van der Waals surface area (Å²) in [5.74, 6) is 1.95. The lowest BCUT2D eigenvalue weighted by Gasteiger charge is -2.18. The van der Waals surface area contributed by atoms with Crippen LogP contribution in [0.15, 0.2) is 42.5 Å². The molecule has 2 aromatic carbocycles. The second kappa shape index (κ2) is 6.41. The molecular formula is C16H19NO3. The molecule has 4 heteroatoms. The van der Waals surface area contributed by atoms with Gasteiger partial charge in [-0.1, -0.05) is 24.3 Å². The molecule has 0 aliphatic rings. The molecule has 0 amide bonds. The van der Waals surface area contributed by atoms with E-state index in [1.807, 2.05) is 49.4 Å². The van der Waals surface area contributed by atoms with Gasteiger partial charge in [-0.25, -0.2) is 0 Å². The molecule has 0 saturated heterocycles. The molecule has 106 valence electrons. The smallest absolute Gasteiger partial charge is 0.135 e. The molecule has 2 aromatic rings. The maximum absolute atomic E-state index is 9.35. The molecule has 1 atom stereocenters. The second-order valence-electron chi connectivity index (χ2n) is 4.53. The summed E-state index contributed by atoms with van der Waals surface area (Å²) >= 11 is 0. The molecule has 0 aliphatic carbocycles. The van der Waals surface area contributed by atoms with Crippen LogP contribution in [0, 0.1) is 0 Å². The number of para-hydroxylation sites is 1. The van der Waals surface area contributed by atoms with Crippen molar-refractivity contribution < 1.29 is 14.6 Å². The molecule has 0 saturated carbocycles. The van der Waals surface area contributed by atoms with Crippen LogP contribution in [0.3, 0.4) is 0 Å². The zero-order valence-electron chi connectivity index (χ0n) is 11.7. The minimum Gasteiger partial charge on any atom is -0.496 e. The Morgan fingerprint density at radius 3 is 2.35 bits per heavy atom. The molecule has 20 heavy (non-hydrogen) atoms. The van der Waals surface area contributed by atoms with Crippen molar-refractivity contribution in [1.29, 1.82) is 0 Å². The summed E-state index contributed by atoms with van der Waals surface area (Å²) in [5, 5.41) is 9.35. The number of hydrogen-bond acceptors (Lipinski definition) is 4. The zero-order valence-corrected chi connectivity index (χ0v) is 11.7. The maximum Gasteiger partial charge on any atom is 0.135 e. The first kappa shape index (κ1) is 14.4. The van der Waals surface area contributed by atoms with E-state index in [0.29, 0.717) is 17.2 Å². The van der Waals surface area contributed by atoms with Gasteiger partial charge in [0.15, 0.2) is 0 Å². The van der Waals surface area contributed by atoms with Crippen molar-refractivity contribution in [2.75, 3.05) is 7.11 Å². The number of aliphatic hydroxyl groups excluding tert-OH is 1. The van der Waals surface area contributed by atoms with Crippen LogP contribution in [-0.2, 0) is 6.61 Å². The van der Waals surface area contributed by atoms with Gasteiger partial charge >= 0.3 is 0 Å². The molecule has 2 rings (SSSR count). The number of methoxy groups -OCH3 is 1. The second-order valence-corrected chi connectivity index (χ2v) is 4.53. The number of rotatable bonds is 5. The van der Waals surface area contributed by atoms with Gasteiger partial charge in [0.1, 0.15) is 17.2 Å². The van der Waals surface area contributed by atoms with Crippen LogP contribution in [-0.4, -0.2) is 12.2 Å². The van der Waals surface area contributed by atoms with E-state index in [4.69, 9.17) is 15.2 Å². The molecule has 1 unspecified atom stereocenters. The van der Waals surface area contributed by atoms with Crippen LogP contribution < -0.4 is 15.2 Å². The van der Waals surface area contributed by atoms with E-state index in [9.17, 15) is 5.11 Å². The molecule has 0 heterocycles. The van der Waals surface area contributed by atoms with Gasteiger partial charge in [-0.2, -0.15) is 0 Å². The standard InChI is InChI=1S/C16H19NO3/c1-11(17)16-14(19-2)8-5-9-15(16)20-13-7-4-3-6-12(13)10-18/h3-9,11,18H,10,17H2,1-2H3. The maximum atomic E-state index is 9.35. The Balaban J connectivity index is 2.43. The van der Waals surface area contributed by atoms with Crippen molar-refractivity contribution in [2.45, 2.75) is 19.6 Å². The first-order valence-corrected chi connectivity index (χ1v) is 6.46. The van der Waals surface area contributed by atoms with Crippen molar-refractivity contribution >= 4 is 0 Å². The fraction of sp³-hybridized carbons (Fsp3) is 0.250. The largest absolute Gasteiger partial charge is 0.496 e. The van der Waals surface area contributed by atoms with Crippen molar-refractivity contribution in [2.24, 2.45) is 5.73 Å². The Hall–Kier alpha value is -2.04. The average Bonchev–Trinajstić information content (AvgIpc) is 2.47. The minimum absolute atomic E-state index is 0.0757. The van der Waals surface area contributed by atoms with Crippen molar-refractivity contribution in [3.8, 4) is 17.2 Å². The molecule has 3 N–H and O–H groups in total. The Bertz CT molecular complexity index is 582. The van der Waals surface area contributed by atoms with E-state index in [0.717, 1.165) is 11.1 Å². The van der Waals surface area contributed by atoms with Crippen LogP contribution in [0.4, 0.5) is 0 Å². The van der Waals surface area contributed by atoms with Gasteiger partial charge < -0.3 is 20.3 Å². The molecule has 0 fully saturated rings. The number of nitrogens with two attached hydrogens (primary N) is 1. The first-order valence-electron chi connectivity index (χ1n) is 6.46. The summed E-state index contributed by atoms with van der Waals surface area (Å²) < 4.78 is 11.2. The summed E-state index contributed by atoms with van der Waals surface area (Å²) in [6, 6.07) is 12.7. The van der Waals surface area contributed by atoms with E-state index in [1.165, 1.54) is 0 Å². The summed E-state index contributed by atoms with van der Waals surface area (Å²) in [4.78, 5) is 0. The number of aliphatic hydroxyl groups is 1. The van der Waals surface area contributed by atoms with E-state index in [2.05, 4.69) is 0 Å². The van der Waals surface area contributed by atoms with E-state index in [-0.39, 0.29) is 12.6 Å². The van der Waals surface area contributed by atoms with Crippen LogP contribution in [0.5, 0.6) is 17.2 Å². The van der Waals surface area contributed by atoms with Crippen LogP contribution in [0.1, 0.15) is 24.1 Å². The number of ether oxygens (including phenoxy) is 2. The fourth-order valence-corrected chi connectivity index (χ4v) is 2.09. The Morgan fingerprint density at radius 2 is 1.70 bits per heavy atom. The summed E-state index contributed by atoms with van der Waals surface area (Å²) in [5.41, 5.74) is 7.54.